The molecule has 0 aliphatic heterocycles. The first-order chi connectivity index (χ1) is 15.5. The highest BCUT2D eigenvalue weighted by molar-refractivity contribution is 5.94. The van der Waals surface area contributed by atoms with Crippen LogP contribution in [-0.2, 0) is 11.3 Å². The second-order valence-electron chi connectivity index (χ2n) is 7.26. The predicted octanol–water partition coefficient (Wildman–Crippen LogP) is 4.34. The Kier molecular flexibility index (Phi) is 5.98. The molecular weight excluding hydrogens is 409 g/mol. The van der Waals surface area contributed by atoms with Gasteiger partial charge in [-0.2, -0.15) is 0 Å². The number of benzene rings is 3. The Morgan fingerprint density at radius 1 is 1.06 bits per heavy atom. The van der Waals surface area contributed by atoms with E-state index < -0.39 is 11.8 Å². The molecule has 0 aliphatic carbocycles. The Balaban J connectivity index is 1.97. The summed E-state index contributed by atoms with van der Waals surface area (Å²) >= 11 is 0. The minimum Gasteiger partial charge on any atom is -0.465 e. The van der Waals surface area contributed by atoms with Crippen LogP contribution in [0.2, 0.25) is 0 Å². The quantitative estimate of drug-likeness (QED) is 0.425. The second-order valence-corrected chi connectivity index (χ2v) is 7.26. The zero-order chi connectivity index (χ0) is 22.7. The first kappa shape index (κ1) is 21.2. The molecule has 6 nitrogen and oxygen atoms in total. The predicted molar refractivity (Wildman–Crippen MR) is 122 cm³/mol. The van der Waals surface area contributed by atoms with Crippen molar-refractivity contribution in [3.05, 3.63) is 100 Å². The Labute approximate surface area is 184 Å². The third-order valence-electron chi connectivity index (χ3n) is 5.22. The fourth-order valence-electron chi connectivity index (χ4n) is 3.61. The molecule has 162 valence electrons. The summed E-state index contributed by atoms with van der Waals surface area (Å²) in [7, 11) is 1.30. The summed E-state index contributed by atoms with van der Waals surface area (Å²) in [4.78, 5) is 32.2. The van der Waals surface area contributed by atoms with Crippen molar-refractivity contribution in [2.75, 3.05) is 18.6 Å². The van der Waals surface area contributed by atoms with E-state index in [2.05, 4.69) is 0 Å². The van der Waals surface area contributed by atoms with Crippen molar-refractivity contribution < 1.29 is 13.9 Å². The van der Waals surface area contributed by atoms with Crippen LogP contribution in [0.3, 0.4) is 0 Å². The van der Waals surface area contributed by atoms with Crippen molar-refractivity contribution in [3.8, 4) is 5.69 Å². The number of hydrogen-bond donors (Lipinski definition) is 0. The van der Waals surface area contributed by atoms with Gasteiger partial charge in [0, 0.05) is 13.1 Å². The van der Waals surface area contributed by atoms with Gasteiger partial charge in [-0.25, -0.2) is 18.7 Å². The maximum atomic E-state index is 14.0. The van der Waals surface area contributed by atoms with Gasteiger partial charge in [0.1, 0.15) is 5.82 Å². The molecule has 4 rings (SSSR count). The molecule has 0 aliphatic rings. The van der Waals surface area contributed by atoms with Gasteiger partial charge in [0.05, 0.1) is 29.3 Å². The molecule has 0 bridgehead atoms. The van der Waals surface area contributed by atoms with Crippen molar-refractivity contribution in [3.63, 3.8) is 0 Å². The lowest BCUT2D eigenvalue weighted by atomic mass is 10.1. The lowest BCUT2D eigenvalue weighted by molar-refractivity contribution is 0.0601. The number of fused-ring (bicyclic) bond motifs is 1. The van der Waals surface area contributed by atoms with E-state index in [4.69, 9.17) is 9.72 Å². The highest BCUT2D eigenvalue weighted by Crippen LogP contribution is 2.22. The van der Waals surface area contributed by atoms with E-state index in [0.29, 0.717) is 41.2 Å². The van der Waals surface area contributed by atoms with Crippen molar-refractivity contribution in [2.24, 2.45) is 0 Å². The van der Waals surface area contributed by atoms with Crippen molar-refractivity contribution >= 4 is 22.8 Å². The molecule has 0 N–H and O–H groups in total. The van der Waals surface area contributed by atoms with E-state index in [1.54, 1.807) is 24.3 Å². The lowest BCUT2D eigenvalue weighted by Gasteiger charge is -2.26. The van der Waals surface area contributed by atoms with Crippen LogP contribution in [0.4, 0.5) is 10.3 Å². The first-order valence-corrected chi connectivity index (χ1v) is 10.2. The van der Waals surface area contributed by atoms with E-state index in [0.717, 1.165) is 5.56 Å². The second kappa shape index (κ2) is 9.01. The lowest BCUT2D eigenvalue weighted by Crippen LogP contribution is -2.32. The molecule has 1 aromatic heterocycles. The van der Waals surface area contributed by atoms with Crippen LogP contribution in [-0.4, -0.2) is 29.2 Å². The molecule has 0 radical (unpaired) electrons. The van der Waals surface area contributed by atoms with Gasteiger partial charge in [0.15, 0.2) is 0 Å². The minimum atomic E-state index is -0.513. The number of aromatic nitrogens is 2. The molecule has 0 fully saturated rings. The van der Waals surface area contributed by atoms with E-state index in [1.165, 1.54) is 29.9 Å². The fourth-order valence-corrected chi connectivity index (χ4v) is 3.61. The Morgan fingerprint density at radius 2 is 1.84 bits per heavy atom. The van der Waals surface area contributed by atoms with Crippen LogP contribution in [0.25, 0.3) is 16.6 Å². The number of halogens is 1. The van der Waals surface area contributed by atoms with Gasteiger partial charge in [-0.3, -0.25) is 4.79 Å². The van der Waals surface area contributed by atoms with Gasteiger partial charge in [0.25, 0.3) is 5.56 Å². The van der Waals surface area contributed by atoms with Crippen LogP contribution in [0.1, 0.15) is 22.8 Å². The molecule has 0 unspecified atom stereocenters. The number of carbonyl (C=O) groups is 1. The van der Waals surface area contributed by atoms with Gasteiger partial charge in [-0.1, -0.05) is 36.4 Å². The van der Waals surface area contributed by atoms with Crippen LogP contribution in [0, 0.1) is 5.82 Å². The summed E-state index contributed by atoms with van der Waals surface area (Å²) in [5, 5.41) is 0.321. The maximum Gasteiger partial charge on any atom is 0.337 e. The number of rotatable bonds is 6. The van der Waals surface area contributed by atoms with E-state index >= 15 is 0 Å². The summed E-state index contributed by atoms with van der Waals surface area (Å²) in [6.45, 7) is 3.01. The average Bonchev–Trinajstić information content (AvgIpc) is 2.82. The number of ether oxygens (including phenoxy) is 1. The molecular formula is C25H22FN3O3. The largest absolute Gasteiger partial charge is 0.465 e. The van der Waals surface area contributed by atoms with E-state index in [9.17, 15) is 14.0 Å². The molecule has 0 saturated heterocycles. The Morgan fingerprint density at radius 3 is 2.53 bits per heavy atom. The van der Waals surface area contributed by atoms with Crippen LogP contribution < -0.4 is 10.5 Å². The molecule has 32 heavy (non-hydrogen) atoms. The number of carbonyl (C=O) groups excluding carboxylic acids is 1. The topological polar surface area (TPSA) is 64.4 Å². The van der Waals surface area contributed by atoms with E-state index in [1.807, 2.05) is 42.2 Å². The summed E-state index contributed by atoms with van der Waals surface area (Å²) < 4.78 is 20.2. The summed E-state index contributed by atoms with van der Waals surface area (Å²) in [6, 6.07) is 20.3. The van der Waals surface area contributed by atoms with Crippen molar-refractivity contribution in [2.45, 2.75) is 13.5 Å². The van der Waals surface area contributed by atoms with Gasteiger partial charge >= 0.3 is 5.97 Å². The number of anilines is 1. The first-order valence-electron chi connectivity index (χ1n) is 10.2. The minimum absolute atomic E-state index is 0.299. The van der Waals surface area contributed by atoms with Gasteiger partial charge in [-0.15, -0.1) is 0 Å². The van der Waals surface area contributed by atoms with Crippen molar-refractivity contribution in [1.82, 2.24) is 9.55 Å². The number of hydrogen-bond acceptors (Lipinski definition) is 5. The van der Waals surface area contributed by atoms with Crippen LogP contribution in [0.15, 0.2) is 77.6 Å². The third kappa shape index (κ3) is 4.09. The highest BCUT2D eigenvalue weighted by atomic mass is 19.1. The molecule has 1 heterocycles. The Hall–Kier alpha value is -4.00. The molecule has 0 amide bonds. The maximum absolute atomic E-state index is 14.0. The summed E-state index contributed by atoms with van der Waals surface area (Å²) in [5.41, 5.74) is 1.74. The average molecular weight is 431 g/mol. The smallest absolute Gasteiger partial charge is 0.337 e. The molecule has 4 aromatic rings. The Bertz CT molecular complexity index is 1340. The fraction of sp³-hybridized carbons (Fsp3) is 0.160. The molecule has 0 atom stereocenters. The zero-order valence-corrected chi connectivity index (χ0v) is 17.8. The molecule has 3 aromatic carbocycles. The standard InChI is InChI=1S/C25H22FN3O3/c1-3-28(16-17-8-5-4-6-9-17)25-27-22-14-18(24(31)32-2)12-13-21(22)23(30)29(25)20-11-7-10-19(26)15-20/h4-15H,3,16H2,1-2H3. The molecule has 0 spiro atoms. The summed E-state index contributed by atoms with van der Waals surface area (Å²) in [6.07, 6.45) is 0. The third-order valence-corrected chi connectivity index (χ3v) is 5.22. The van der Waals surface area contributed by atoms with Crippen molar-refractivity contribution in [1.29, 1.82) is 0 Å². The zero-order valence-electron chi connectivity index (χ0n) is 17.8. The van der Waals surface area contributed by atoms with Gasteiger partial charge < -0.3 is 9.64 Å². The van der Waals surface area contributed by atoms with E-state index in [-0.39, 0.29) is 5.56 Å². The number of methoxy groups -OCH3 is 1. The number of nitrogens with zero attached hydrogens (tertiary/aromatic N) is 3. The normalized spacial score (nSPS) is 10.8. The van der Waals surface area contributed by atoms with Gasteiger partial charge in [-0.05, 0) is 48.9 Å². The van der Waals surface area contributed by atoms with Crippen LogP contribution >= 0.6 is 0 Å². The van der Waals surface area contributed by atoms with Gasteiger partial charge in [0.2, 0.25) is 5.95 Å². The molecule has 0 saturated carbocycles. The number of esters is 1. The SMILES string of the molecule is CCN(Cc1ccccc1)c1nc2cc(C(=O)OC)ccc2c(=O)n1-c1cccc(F)c1. The highest BCUT2D eigenvalue weighted by Gasteiger charge is 2.19. The monoisotopic (exact) mass is 431 g/mol. The summed E-state index contributed by atoms with van der Waals surface area (Å²) in [5.74, 6) is -0.602. The van der Waals surface area contributed by atoms with Crippen LogP contribution in [0.5, 0.6) is 0 Å². The molecule has 7 heteroatoms.